The van der Waals surface area contributed by atoms with Crippen molar-refractivity contribution in [3.63, 3.8) is 0 Å². The third-order valence-electron chi connectivity index (χ3n) is 4.34. The van der Waals surface area contributed by atoms with Crippen LogP contribution in [0.3, 0.4) is 0 Å². The maximum Gasteiger partial charge on any atom is 0.258 e. The highest BCUT2D eigenvalue weighted by Crippen LogP contribution is 2.33. The molecule has 4 rings (SSSR count). The number of carbonyl (C=O) groups excluding carboxylic acids is 1. The van der Waals surface area contributed by atoms with Gasteiger partial charge in [0.25, 0.3) is 5.56 Å². The summed E-state index contributed by atoms with van der Waals surface area (Å²) in [6.45, 7) is 0. The Hall–Kier alpha value is -2.49. The van der Waals surface area contributed by atoms with Crippen LogP contribution in [0, 0.1) is 11.3 Å². The first-order valence-electron chi connectivity index (χ1n) is 7.81. The van der Waals surface area contributed by atoms with Gasteiger partial charge in [0.15, 0.2) is 11.7 Å². The summed E-state index contributed by atoms with van der Waals surface area (Å²) in [7, 11) is 0. The lowest BCUT2D eigenvalue weighted by molar-refractivity contribution is 0.0980. The Kier molecular flexibility index (Phi) is 3.91. The van der Waals surface area contributed by atoms with Gasteiger partial charge in [-0.05, 0) is 49.1 Å². The third-order valence-corrected chi connectivity index (χ3v) is 5.83. The van der Waals surface area contributed by atoms with Gasteiger partial charge < -0.3 is 4.98 Å². The predicted octanol–water partition coefficient (Wildman–Crippen LogP) is 3.62. The fourth-order valence-electron chi connectivity index (χ4n) is 3.10. The maximum atomic E-state index is 12.8. The van der Waals surface area contributed by atoms with Crippen LogP contribution in [0.1, 0.15) is 38.3 Å². The van der Waals surface area contributed by atoms with E-state index in [0.29, 0.717) is 20.8 Å². The zero-order chi connectivity index (χ0) is 17.6. The van der Waals surface area contributed by atoms with E-state index in [0.717, 1.165) is 19.3 Å². The van der Waals surface area contributed by atoms with Crippen molar-refractivity contribution in [3.05, 3.63) is 60.8 Å². The van der Waals surface area contributed by atoms with E-state index < -0.39 is 11.5 Å². The number of nitriles is 1. The Balaban J connectivity index is 1.78. The number of rotatable bonds is 3. The van der Waals surface area contributed by atoms with Gasteiger partial charge in [-0.25, -0.2) is 4.98 Å². The van der Waals surface area contributed by atoms with Gasteiger partial charge in [0, 0.05) is 9.90 Å². The number of nitrogens with zero attached hydrogens (tertiary/aromatic N) is 2. The fourth-order valence-corrected chi connectivity index (χ4v) is 4.49. The molecule has 1 atom stereocenters. The van der Waals surface area contributed by atoms with Gasteiger partial charge in [-0.3, -0.25) is 9.59 Å². The summed E-state index contributed by atoms with van der Waals surface area (Å²) < 4.78 is 0. The molecular weight excluding hydrogens is 358 g/mol. The number of H-pyrrole nitrogens is 1. The van der Waals surface area contributed by atoms with Crippen LogP contribution in [0.2, 0.25) is 5.02 Å². The molecule has 1 unspecified atom stereocenters. The minimum Gasteiger partial charge on any atom is -0.308 e. The van der Waals surface area contributed by atoms with E-state index in [1.54, 1.807) is 18.2 Å². The van der Waals surface area contributed by atoms with Crippen molar-refractivity contribution in [2.75, 3.05) is 0 Å². The van der Waals surface area contributed by atoms with Gasteiger partial charge in [-0.15, -0.1) is 11.3 Å². The quantitative estimate of drug-likeness (QED) is 0.714. The van der Waals surface area contributed by atoms with Crippen LogP contribution in [-0.2, 0) is 12.8 Å². The zero-order valence-corrected chi connectivity index (χ0v) is 14.6. The molecule has 0 aliphatic heterocycles. The Morgan fingerprint density at radius 1 is 1.36 bits per heavy atom. The first-order chi connectivity index (χ1) is 12.1. The molecule has 124 valence electrons. The topological polar surface area (TPSA) is 86.6 Å². The van der Waals surface area contributed by atoms with Gasteiger partial charge in [0.2, 0.25) is 0 Å². The number of aromatic nitrogens is 2. The molecule has 0 spiro atoms. The minimum absolute atomic E-state index is 0.0563. The summed E-state index contributed by atoms with van der Waals surface area (Å²) in [5, 5.41) is 10.3. The number of hydrogen-bond donors (Lipinski definition) is 1. The maximum absolute atomic E-state index is 12.8. The molecule has 0 saturated heterocycles. The number of ketones is 1. The number of nitrogens with one attached hydrogen (secondary N) is 1. The lowest BCUT2D eigenvalue weighted by Crippen LogP contribution is -2.19. The Morgan fingerprint density at radius 3 is 2.96 bits per heavy atom. The lowest BCUT2D eigenvalue weighted by Gasteiger charge is -2.08. The van der Waals surface area contributed by atoms with E-state index >= 15 is 0 Å². The Bertz CT molecular complexity index is 1090. The van der Waals surface area contributed by atoms with E-state index in [2.05, 4.69) is 9.97 Å². The number of aryl methyl sites for hydroxylation is 2. The van der Waals surface area contributed by atoms with Crippen LogP contribution < -0.4 is 5.56 Å². The molecule has 3 aromatic rings. The number of carbonyl (C=O) groups is 1. The normalized spacial score (nSPS) is 14.2. The first kappa shape index (κ1) is 16.0. The highest BCUT2D eigenvalue weighted by atomic mass is 35.5. The molecule has 7 heteroatoms. The summed E-state index contributed by atoms with van der Waals surface area (Å²) in [5.74, 6) is -1.41. The predicted molar refractivity (Wildman–Crippen MR) is 96.4 cm³/mol. The largest absolute Gasteiger partial charge is 0.308 e. The van der Waals surface area contributed by atoms with Crippen LogP contribution in [0.15, 0.2) is 29.1 Å². The third kappa shape index (κ3) is 2.76. The van der Waals surface area contributed by atoms with E-state index in [4.69, 9.17) is 11.6 Å². The van der Waals surface area contributed by atoms with Crippen LogP contribution in [0.4, 0.5) is 0 Å². The van der Waals surface area contributed by atoms with Crippen molar-refractivity contribution in [2.45, 2.75) is 25.2 Å². The number of thiophene rings is 1. The van der Waals surface area contributed by atoms with Gasteiger partial charge in [-0.2, -0.15) is 5.26 Å². The molecule has 0 fully saturated rings. The Morgan fingerprint density at radius 2 is 2.20 bits per heavy atom. The van der Waals surface area contributed by atoms with Gasteiger partial charge in [0.05, 0.1) is 21.8 Å². The Labute approximate surface area is 151 Å². The summed E-state index contributed by atoms with van der Waals surface area (Å²) in [5.41, 5.74) is 1.17. The molecular formula is C18H12ClN3O2S. The first-order valence-corrected chi connectivity index (χ1v) is 9.01. The average Bonchev–Trinajstić information content (AvgIpc) is 3.16. The molecule has 2 heterocycles. The van der Waals surface area contributed by atoms with E-state index in [1.807, 2.05) is 12.1 Å². The minimum atomic E-state index is -1.14. The number of fused-ring (bicyclic) bond motifs is 2. The van der Waals surface area contributed by atoms with Crippen molar-refractivity contribution >= 4 is 39.6 Å². The number of aromatic amines is 1. The second-order valence-corrected chi connectivity index (χ2v) is 7.52. The smallest absolute Gasteiger partial charge is 0.258 e. The number of benzene rings is 1. The lowest BCUT2D eigenvalue weighted by atomic mass is 10.0. The van der Waals surface area contributed by atoms with Gasteiger partial charge in [0.1, 0.15) is 5.82 Å². The van der Waals surface area contributed by atoms with Crippen LogP contribution in [-0.4, -0.2) is 15.8 Å². The molecule has 1 N–H and O–H groups in total. The second kappa shape index (κ2) is 6.10. The molecule has 1 aliphatic rings. The summed E-state index contributed by atoms with van der Waals surface area (Å²) >= 11 is 7.39. The highest BCUT2D eigenvalue weighted by Gasteiger charge is 2.28. The highest BCUT2D eigenvalue weighted by molar-refractivity contribution is 7.14. The molecule has 25 heavy (non-hydrogen) atoms. The summed E-state index contributed by atoms with van der Waals surface area (Å²) in [6, 6.07) is 8.57. The van der Waals surface area contributed by atoms with E-state index in [1.165, 1.54) is 21.8 Å². The standard InChI is InChI=1S/C18H12ClN3O2S/c19-10-4-5-11-13(7-10)21-17(22-18(11)24)12(8-20)16(23)15-6-9-2-1-3-14(9)25-15/h4-7,12H,1-3H2,(H,21,22,24). The van der Waals surface area contributed by atoms with E-state index in [9.17, 15) is 14.9 Å². The molecule has 1 aliphatic carbocycles. The summed E-state index contributed by atoms with van der Waals surface area (Å²) in [6.07, 6.45) is 3.06. The SMILES string of the molecule is N#CC(C(=O)c1cc2c(s1)CCC2)c1nc2cc(Cl)ccc2c(=O)[nH]1. The molecule has 1 aromatic carbocycles. The van der Waals surface area contributed by atoms with Crippen molar-refractivity contribution in [3.8, 4) is 6.07 Å². The van der Waals surface area contributed by atoms with Crippen molar-refractivity contribution in [1.29, 1.82) is 5.26 Å². The van der Waals surface area contributed by atoms with Crippen LogP contribution >= 0.6 is 22.9 Å². The van der Waals surface area contributed by atoms with Crippen molar-refractivity contribution < 1.29 is 4.79 Å². The monoisotopic (exact) mass is 369 g/mol. The van der Waals surface area contributed by atoms with Crippen LogP contribution in [0.25, 0.3) is 10.9 Å². The zero-order valence-electron chi connectivity index (χ0n) is 13.0. The average molecular weight is 370 g/mol. The molecule has 5 nitrogen and oxygen atoms in total. The molecule has 0 radical (unpaired) electrons. The van der Waals surface area contributed by atoms with Crippen LogP contribution in [0.5, 0.6) is 0 Å². The van der Waals surface area contributed by atoms with Gasteiger partial charge in [-0.1, -0.05) is 11.6 Å². The molecule has 0 bridgehead atoms. The van der Waals surface area contributed by atoms with Gasteiger partial charge >= 0.3 is 0 Å². The second-order valence-electron chi connectivity index (χ2n) is 5.95. The number of Topliss-reactive ketones (excluding diaryl/α,β-unsaturated/α-hetero) is 1. The molecule has 2 aromatic heterocycles. The number of halogens is 1. The molecule has 0 saturated carbocycles. The van der Waals surface area contributed by atoms with Crippen molar-refractivity contribution in [2.24, 2.45) is 0 Å². The fraction of sp³-hybridized carbons (Fsp3) is 0.222. The number of hydrogen-bond acceptors (Lipinski definition) is 5. The van der Waals surface area contributed by atoms with E-state index in [-0.39, 0.29) is 11.6 Å². The molecule has 0 amide bonds. The van der Waals surface area contributed by atoms with Crippen molar-refractivity contribution in [1.82, 2.24) is 9.97 Å². The summed E-state index contributed by atoms with van der Waals surface area (Å²) in [4.78, 5) is 33.7.